The molecule has 0 atom stereocenters. The highest BCUT2D eigenvalue weighted by molar-refractivity contribution is 7.98. The summed E-state index contributed by atoms with van der Waals surface area (Å²) in [5.74, 6) is 0. The van der Waals surface area contributed by atoms with Crippen LogP contribution in [0.2, 0.25) is 0 Å². The minimum atomic E-state index is 0.511. The second-order valence-corrected chi connectivity index (χ2v) is 3.93. The number of rotatable bonds is 2. The van der Waals surface area contributed by atoms with E-state index in [1.807, 2.05) is 6.26 Å². The van der Waals surface area contributed by atoms with E-state index < -0.39 is 0 Å². The van der Waals surface area contributed by atoms with E-state index in [-0.39, 0.29) is 0 Å². The summed E-state index contributed by atoms with van der Waals surface area (Å²) >= 11 is 1.71. The normalized spacial score (nSPS) is 9.69. The van der Waals surface area contributed by atoms with Gasteiger partial charge in [0.25, 0.3) is 0 Å². The van der Waals surface area contributed by atoms with Crippen LogP contribution < -0.4 is 0 Å². The summed E-state index contributed by atoms with van der Waals surface area (Å²) in [6.45, 7) is 4.19. The van der Waals surface area contributed by atoms with Gasteiger partial charge in [0.05, 0.1) is 12.5 Å². The zero-order valence-corrected chi connectivity index (χ0v) is 9.03. The van der Waals surface area contributed by atoms with Gasteiger partial charge in [-0.15, -0.1) is 11.8 Å². The van der Waals surface area contributed by atoms with Crippen LogP contribution in [0.4, 0.5) is 0 Å². The summed E-state index contributed by atoms with van der Waals surface area (Å²) in [6.07, 6.45) is 2.56. The van der Waals surface area contributed by atoms with Gasteiger partial charge in [-0.1, -0.05) is 6.07 Å². The fraction of sp³-hybridized carbons (Fsp3) is 0.364. The van der Waals surface area contributed by atoms with Crippen LogP contribution in [0, 0.1) is 25.2 Å². The highest BCUT2D eigenvalue weighted by Crippen LogP contribution is 2.24. The van der Waals surface area contributed by atoms with Crippen molar-refractivity contribution in [3.63, 3.8) is 0 Å². The van der Waals surface area contributed by atoms with Gasteiger partial charge < -0.3 is 0 Å². The van der Waals surface area contributed by atoms with Gasteiger partial charge in [-0.05, 0) is 42.9 Å². The molecular weight excluding hydrogens is 178 g/mol. The molecule has 0 saturated carbocycles. The zero-order valence-electron chi connectivity index (χ0n) is 8.22. The molecule has 0 spiro atoms. The Balaban J connectivity index is 3.18. The number of nitriles is 1. The Labute approximate surface area is 83.8 Å². The molecule has 0 saturated heterocycles. The van der Waals surface area contributed by atoms with Gasteiger partial charge in [-0.3, -0.25) is 0 Å². The number of thioether (sulfide) groups is 1. The van der Waals surface area contributed by atoms with Crippen LogP contribution in [-0.4, -0.2) is 6.26 Å². The first-order chi connectivity index (χ1) is 6.19. The number of nitrogens with zero attached hydrogens (tertiary/aromatic N) is 1. The summed E-state index contributed by atoms with van der Waals surface area (Å²) in [5, 5.41) is 8.64. The Morgan fingerprint density at radius 3 is 2.46 bits per heavy atom. The van der Waals surface area contributed by atoms with Gasteiger partial charge in [0.2, 0.25) is 0 Å². The lowest BCUT2D eigenvalue weighted by Crippen LogP contribution is -1.90. The van der Waals surface area contributed by atoms with Crippen molar-refractivity contribution in [1.29, 1.82) is 5.26 Å². The molecule has 0 aliphatic rings. The summed E-state index contributed by atoms with van der Waals surface area (Å²) in [4.78, 5) is 1.23. The van der Waals surface area contributed by atoms with Crippen LogP contribution >= 0.6 is 11.8 Å². The van der Waals surface area contributed by atoms with Crippen LogP contribution in [0.5, 0.6) is 0 Å². The Morgan fingerprint density at radius 2 is 1.92 bits per heavy atom. The number of benzene rings is 1. The molecule has 0 bridgehead atoms. The van der Waals surface area contributed by atoms with Crippen molar-refractivity contribution in [2.45, 2.75) is 25.2 Å². The topological polar surface area (TPSA) is 23.8 Å². The molecule has 1 nitrogen and oxygen atoms in total. The second kappa shape index (κ2) is 4.34. The Morgan fingerprint density at radius 1 is 1.31 bits per heavy atom. The molecule has 0 fully saturated rings. The molecule has 0 aromatic heterocycles. The van der Waals surface area contributed by atoms with Crippen molar-refractivity contribution in [1.82, 2.24) is 0 Å². The predicted molar refractivity (Wildman–Crippen MR) is 57.0 cm³/mol. The van der Waals surface area contributed by atoms with E-state index in [2.05, 4.69) is 32.0 Å². The van der Waals surface area contributed by atoms with Gasteiger partial charge in [-0.2, -0.15) is 5.26 Å². The van der Waals surface area contributed by atoms with Gasteiger partial charge >= 0.3 is 0 Å². The van der Waals surface area contributed by atoms with Gasteiger partial charge in [0.15, 0.2) is 0 Å². The molecular formula is C11H13NS. The number of aryl methyl sites for hydroxylation is 2. The Hall–Kier alpha value is -0.940. The summed E-state index contributed by atoms with van der Waals surface area (Å²) in [7, 11) is 0. The van der Waals surface area contributed by atoms with Crippen molar-refractivity contribution in [2.75, 3.05) is 6.26 Å². The van der Waals surface area contributed by atoms with Crippen LogP contribution in [0.15, 0.2) is 17.0 Å². The van der Waals surface area contributed by atoms with Gasteiger partial charge in [0, 0.05) is 4.90 Å². The maximum Gasteiger partial charge on any atom is 0.0670 e. The molecule has 0 N–H and O–H groups in total. The van der Waals surface area contributed by atoms with Gasteiger partial charge in [0.1, 0.15) is 0 Å². The molecule has 1 rings (SSSR count). The molecule has 68 valence electrons. The third kappa shape index (κ3) is 2.26. The molecule has 0 unspecified atom stereocenters. The largest absolute Gasteiger partial charge is 0.198 e. The fourth-order valence-corrected chi connectivity index (χ4v) is 1.95. The maximum atomic E-state index is 8.64. The molecule has 2 heteroatoms. The molecule has 1 aromatic carbocycles. The molecule has 0 radical (unpaired) electrons. The van der Waals surface area contributed by atoms with Crippen LogP contribution in [0.25, 0.3) is 0 Å². The van der Waals surface area contributed by atoms with Crippen LogP contribution in [-0.2, 0) is 6.42 Å². The van der Waals surface area contributed by atoms with E-state index in [4.69, 9.17) is 5.26 Å². The molecule has 0 aliphatic heterocycles. The van der Waals surface area contributed by atoms with E-state index in [0.29, 0.717) is 6.42 Å². The van der Waals surface area contributed by atoms with Crippen molar-refractivity contribution in [3.8, 4) is 6.07 Å². The third-order valence-electron chi connectivity index (χ3n) is 2.17. The van der Waals surface area contributed by atoms with Crippen LogP contribution in [0.1, 0.15) is 16.7 Å². The molecule has 0 amide bonds. The molecule has 13 heavy (non-hydrogen) atoms. The third-order valence-corrected chi connectivity index (χ3v) is 2.99. The van der Waals surface area contributed by atoms with E-state index in [9.17, 15) is 0 Å². The quantitative estimate of drug-likeness (QED) is 0.671. The lowest BCUT2D eigenvalue weighted by molar-refractivity contribution is 1.14. The van der Waals surface area contributed by atoms with E-state index in [1.165, 1.54) is 16.0 Å². The van der Waals surface area contributed by atoms with E-state index in [0.717, 1.165) is 5.56 Å². The first kappa shape index (κ1) is 10.1. The Bertz CT molecular complexity index is 350. The number of hydrogen-bond donors (Lipinski definition) is 0. The molecule has 1 aromatic rings. The average molecular weight is 191 g/mol. The summed E-state index contributed by atoms with van der Waals surface area (Å²) in [5.41, 5.74) is 3.71. The number of hydrogen-bond acceptors (Lipinski definition) is 2. The zero-order chi connectivity index (χ0) is 9.84. The first-order valence-electron chi connectivity index (χ1n) is 4.20. The van der Waals surface area contributed by atoms with Crippen molar-refractivity contribution >= 4 is 11.8 Å². The summed E-state index contributed by atoms with van der Waals surface area (Å²) in [6, 6.07) is 6.47. The Kier molecular flexibility index (Phi) is 3.39. The molecule has 0 aliphatic carbocycles. The fourth-order valence-electron chi connectivity index (χ4n) is 1.26. The predicted octanol–water partition coefficient (Wildman–Crippen LogP) is 3.09. The van der Waals surface area contributed by atoms with E-state index in [1.54, 1.807) is 11.8 Å². The van der Waals surface area contributed by atoms with Crippen LogP contribution in [0.3, 0.4) is 0 Å². The highest BCUT2D eigenvalue weighted by atomic mass is 32.2. The minimum Gasteiger partial charge on any atom is -0.198 e. The summed E-state index contributed by atoms with van der Waals surface area (Å²) < 4.78 is 0. The highest BCUT2D eigenvalue weighted by Gasteiger charge is 2.03. The van der Waals surface area contributed by atoms with Gasteiger partial charge in [-0.25, -0.2) is 0 Å². The minimum absolute atomic E-state index is 0.511. The van der Waals surface area contributed by atoms with Crippen molar-refractivity contribution in [3.05, 3.63) is 28.8 Å². The SMILES string of the molecule is CSc1cc(C)c(C)cc1CC#N. The van der Waals surface area contributed by atoms with E-state index >= 15 is 0 Å². The lowest BCUT2D eigenvalue weighted by atomic mass is 10.0. The monoisotopic (exact) mass is 191 g/mol. The average Bonchev–Trinajstić information content (AvgIpc) is 2.11. The van der Waals surface area contributed by atoms with Crippen molar-refractivity contribution < 1.29 is 0 Å². The maximum absolute atomic E-state index is 8.64. The lowest BCUT2D eigenvalue weighted by Gasteiger charge is -2.07. The smallest absolute Gasteiger partial charge is 0.0670 e. The standard InChI is InChI=1S/C11H13NS/c1-8-6-10(4-5-12)11(13-3)7-9(8)2/h6-7H,4H2,1-3H3. The first-order valence-corrected chi connectivity index (χ1v) is 5.42. The molecule has 0 heterocycles. The second-order valence-electron chi connectivity index (χ2n) is 3.08. The van der Waals surface area contributed by atoms with Crippen molar-refractivity contribution in [2.24, 2.45) is 0 Å².